The Balaban J connectivity index is 2.03. The number of aliphatic hydroxyl groups is 1. The fourth-order valence-electron chi connectivity index (χ4n) is 2.89. The van der Waals surface area contributed by atoms with Gasteiger partial charge in [-0.15, -0.1) is 6.58 Å². The normalized spacial score (nSPS) is 18.6. The van der Waals surface area contributed by atoms with Gasteiger partial charge in [-0.3, -0.25) is 4.90 Å². The second-order valence-corrected chi connectivity index (χ2v) is 6.42. The Bertz CT molecular complexity index is 480. The van der Waals surface area contributed by atoms with Gasteiger partial charge in [0.1, 0.15) is 5.75 Å². The van der Waals surface area contributed by atoms with Crippen LogP contribution in [0.2, 0.25) is 0 Å². The summed E-state index contributed by atoms with van der Waals surface area (Å²) in [5.41, 5.74) is 0.0397. The maximum atomic E-state index is 11.1. The van der Waals surface area contributed by atoms with E-state index in [4.69, 9.17) is 9.47 Å². The molecule has 0 bridgehead atoms. The zero-order valence-electron chi connectivity index (χ0n) is 14.3. The molecule has 0 saturated carbocycles. The molecule has 1 aliphatic heterocycles. The summed E-state index contributed by atoms with van der Waals surface area (Å²) in [7, 11) is 0. The Labute approximate surface area is 139 Å². The van der Waals surface area contributed by atoms with Crippen LogP contribution >= 0.6 is 0 Å². The van der Waals surface area contributed by atoms with E-state index in [0.29, 0.717) is 12.8 Å². The lowest BCUT2D eigenvalue weighted by atomic mass is 9.87. The molecule has 0 spiro atoms. The molecule has 4 nitrogen and oxygen atoms in total. The summed E-state index contributed by atoms with van der Waals surface area (Å²) in [5.74, 6) is 0.831. The molecule has 0 aromatic heterocycles. The molecule has 2 rings (SSSR count). The van der Waals surface area contributed by atoms with E-state index in [1.54, 1.807) is 6.08 Å². The third kappa shape index (κ3) is 5.34. The third-order valence-corrected chi connectivity index (χ3v) is 4.19. The summed E-state index contributed by atoms with van der Waals surface area (Å²) in [6.45, 7) is 12.1. The summed E-state index contributed by atoms with van der Waals surface area (Å²) in [6, 6.07) is 7.78. The van der Waals surface area contributed by atoms with Crippen LogP contribution in [0.15, 0.2) is 36.9 Å². The molecule has 1 unspecified atom stereocenters. The van der Waals surface area contributed by atoms with E-state index in [0.717, 1.165) is 44.2 Å². The van der Waals surface area contributed by atoms with Gasteiger partial charge in [0.15, 0.2) is 0 Å². The van der Waals surface area contributed by atoms with Crippen LogP contribution in [0.5, 0.6) is 5.75 Å². The molecule has 0 aliphatic carbocycles. The third-order valence-electron chi connectivity index (χ3n) is 4.19. The summed E-state index contributed by atoms with van der Waals surface area (Å²) in [4.78, 5) is 2.34. The molecule has 128 valence electrons. The maximum Gasteiger partial charge on any atom is 0.119 e. The van der Waals surface area contributed by atoms with Gasteiger partial charge in [-0.2, -0.15) is 0 Å². The van der Waals surface area contributed by atoms with Crippen molar-refractivity contribution in [2.75, 3.05) is 32.8 Å². The molecule has 1 atom stereocenters. The molecule has 1 heterocycles. The summed E-state index contributed by atoms with van der Waals surface area (Å²) in [6.07, 6.45) is 3.16. The van der Waals surface area contributed by atoms with E-state index in [-0.39, 0.29) is 6.10 Å². The fourth-order valence-corrected chi connectivity index (χ4v) is 2.89. The van der Waals surface area contributed by atoms with Crippen LogP contribution in [0, 0.1) is 0 Å². The average Bonchev–Trinajstić information content (AvgIpc) is 2.54. The molecular weight excluding hydrogens is 290 g/mol. The van der Waals surface area contributed by atoms with Crippen LogP contribution in [-0.4, -0.2) is 49.0 Å². The maximum absolute atomic E-state index is 11.1. The van der Waals surface area contributed by atoms with Crippen LogP contribution in [-0.2, 0) is 10.3 Å². The first-order valence-electron chi connectivity index (χ1n) is 8.44. The SMILES string of the molecule is C=CCC(O)(CCN1CCOCC1)c1ccc(OC(C)C)cc1. The Kier molecular flexibility index (Phi) is 6.63. The Morgan fingerprint density at radius 1 is 1.30 bits per heavy atom. The lowest BCUT2D eigenvalue weighted by molar-refractivity contribution is -0.00298. The predicted molar refractivity (Wildman–Crippen MR) is 92.8 cm³/mol. The molecule has 0 amide bonds. The van der Waals surface area contributed by atoms with Crippen molar-refractivity contribution in [2.24, 2.45) is 0 Å². The van der Waals surface area contributed by atoms with Crippen molar-refractivity contribution in [1.82, 2.24) is 4.90 Å². The van der Waals surface area contributed by atoms with E-state index in [1.807, 2.05) is 38.1 Å². The minimum absolute atomic E-state index is 0.147. The van der Waals surface area contributed by atoms with Crippen molar-refractivity contribution >= 4 is 0 Å². The second kappa shape index (κ2) is 8.48. The zero-order chi connectivity index (χ0) is 16.7. The van der Waals surface area contributed by atoms with Crippen molar-refractivity contribution in [3.63, 3.8) is 0 Å². The predicted octanol–water partition coefficient (Wildman–Crippen LogP) is 2.96. The molecule has 1 N–H and O–H groups in total. The molecule has 23 heavy (non-hydrogen) atoms. The first kappa shape index (κ1) is 18.0. The highest BCUT2D eigenvalue weighted by Crippen LogP contribution is 2.31. The number of benzene rings is 1. The molecule has 0 radical (unpaired) electrons. The number of ether oxygens (including phenoxy) is 2. The van der Waals surface area contributed by atoms with Gasteiger partial charge in [0.2, 0.25) is 0 Å². The Morgan fingerprint density at radius 3 is 2.52 bits per heavy atom. The number of nitrogens with zero attached hydrogens (tertiary/aromatic N) is 1. The van der Waals surface area contributed by atoms with E-state index < -0.39 is 5.60 Å². The van der Waals surface area contributed by atoms with Crippen LogP contribution in [0.25, 0.3) is 0 Å². The number of rotatable bonds is 8. The minimum Gasteiger partial charge on any atom is -0.491 e. The van der Waals surface area contributed by atoms with Gasteiger partial charge in [-0.25, -0.2) is 0 Å². The Hall–Kier alpha value is -1.36. The first-order chi connectivity index (χ1) is 11.0. The molecule has 1 fully saturated rings. The van der Waals surface area contributed by atoms with Gasteiger partial charge in [0.25, 0.3) is 0 Å². The Morgan fingerprint density at radius 2 is 1.96 bits per heavy atom. The second-order valence-electron chi connectivity index (χ2n) is 6.42. The monoisotopic (exact) mass is 319 g/mol. The van der Waals surface area contributed by atoms with Gasteiger partial charge in [0.05, 0.1) is 24.9 Å². The van der Waals surface area contributed by atoms with Crippen molar-refractivity contribution in [2.45, 2.75) is 38.4 Å². The van der Waals surface area contributed by atoms with Gasteiger partial charge < -0.3 is 14.6 Å². The number of morpholine rings is 1. The van der Waals surface area contributed by atoms with Crippen LogP contribution in [0.4, 0.5) is 0 Å². The minimum atomic E-state index is -0.879. The number of hydrogen-bond acceptors (Lipinski definition) is 4. The lowest BCUT2D eigenvalue weighted by Crippen LogP contribution is -2.39. The molecule has 1 aromatic rings. The van der Waals surface area contributed by atoms with E-state index in [1.165, 1.54) is 0 Å². The molecule has 4 heteroatoms. The number of hydrogen-bond donors (Lipinski definition) is 1. The smallest absolute Gasteiger partial charge is 0.119 e. The molecule has 1 aliphatic rings. The van der Waals surface area contributed by atoms with Crippen LogP contribution < -0.4 is 4.74 Å². The molecule has 1 aromatic carbocycles. The molecule has 1 saturated heterocycles. The topological polar surface area (TPSA) is 41.9 Å². The quantitative estimate of drug-likeness (QED) is 0.748. The summed E-state index contributed by atoms with van der Waals surface area (Å²) >= 11 is 0. The van der Waals surface area contributed by atoms with E-state index >= 15 is 0 Å². The van der Waals surface area contributed by atoms with E-state index in [9.17, 15) is 5.11 Å². The van der Waals surface area contributed by atoms with Gasteiger partial charge in [-0.1, -0.05) is 18.2 Å². The average molecular weight is 319 g/mol. The highest BCUT2D eigenvalue weighted by atomic mass is 16.5. The highest BCUT2D eigenvalue weighted by molar-refractivity contribution is 5.31. The largest absolute Gasteiger partial charge is 0.491 e. The van der Waals surface area contributed by atoms with Crippen molar-refractivity contribution in [3.05, 3.63) is 42.5 Å². The fraction of sp³-hybridized carbons (Fsp3) is 0.579. The van der Waals surface area contributed by atoms with Crippen LogP contribution in [0.3, 0.4) is 0 Å². The van der Waals surface area contributed by atoms with Crippen molar-refractivity contribution in [3.8, 4) is 5.75 Å². The van der Waals surface area contributed by atoms with Crippen molar-refractivity contribution in [1.29, 1.82) is 0 Å². The van der Waals surface area contributed by atoms with Gasteiger partial charge in [-0.05, 0) is 44.4 Å². The zero-order valence-corrected chi connectivity index (χ0v) is 14.3. The highest BCUT2D eigenvalue weighted by Gasteiger charge is 2.28. The van der Waals surface area contributed by atoms with E-state index in [2.05, 4.69) is 11.5 Å². The van der Waals surface area contributed by atoms with Crippen molar-refractivity contribution < 1.29 is 14.6 Å². The molecular formula is C19H29NO3. The standard InChI is InChI=1S/C19H29NO3/c1-4-9-19(21,10-11-20-12-14-22-15-13-20)17-5-7-18(8-6-17)23-16(2)3/h4-8,16,21H,1,9-15H2,2-3H3. The summed E-state index contributed by atoms with van der Waals surface area (Å²) < 4.78 is 11.0. The summed E-state index contributed by atoms with van der Waals surface area (Å²) in [5, 5.41) is 11.1. The van der Waals surface area contributed by atoms with Crippen LogP contribution in [0.1, 0.15) is 32.3 Å². The van der Waals surface area contributed by atoms with Gasteiger partial charge in [0, 0.05) is 19.6 Å². The lowest BCUT2D eigenvalue weighted by Gasteiger charge is -2.33. The van der Waals surface area contributed by atoms with Gasteiger partial charge >= 0.3 is 0 Å². The first-order valence-corrected chi connectivity index (χ1v) is 8.44.